The summed E-state index contributed by atoms with van der Waals surface area (Å²) in [6.45, 7) is 3.35. The Bertz CT molecular complexity index is 601. The highest BCUT2D eigenvalue weighted by Gasteiger charge is 2.40. The van der Waals surface area contributed by atoms with Crippen molar-refractivity contribution in [3.05, 3.63) is 30.1 Å². The van der Waals surface area contributed by atoms with Crippen molar-refractivity contribution in [2.24, 2.45) is 0 Å². The Morgan fingerprint density at radius 1 is 1.17 bits per heavy atom. The number of carbonyl (C=O) groups excluding carboxylic acids is 3. The number of halogens is 1. The molecule has 1 aliphatic heterocycles. The average molecular weight is 338 g/mol. The number of rotatable bonds is 5. The van der Waals surface area contributed by atoms with Crippen LogP contribution in [0.3, 0.4) is 0 Å². The van der Waals surface area contributed by atoms with Crippen molar-refractivity contribution >= 4 is 35.2 Å². The molecule has 1 N–H and O–H groups in total. The first-order chi connectivity index (χ1) is 11.0. The topological polar surface area (TPSA) is 66.5 Å². The number of para-hydroxylation sites is 1. The SMILES string of the molecule is CC[C@@H]1S[C@H](CC)C(=O)N(CC(=O)Nc2ccccc2F)C1=O. The van der Waals surface area contributed by atoms with Crippen LogP contribution in [0.1, 0.15) is 26.7 Å². The van der Waals surface area contributed by atoms with Gasteiger partial charge in [-0.2, -0.15) is 0 Å². The van der Waals surface area contributed by atoms with Crippen LogP contribution >= 0.6 is 11.8 Å². The average Bonchev–Trinajstić information content (AvgIpc) is 2.54. The second kappa shape index (κ2) is 7.59. The normalized spacial score (nSPS) is 21.4. The summed E-state index contributed by atoms with van der Waals surface area (Å²) < 4.78 is 13.5. The molecule has 0 bridgehead atoms. The molecule has 7 heteroatoms. The molecule has 3 amide bonds. The molecule has 1 saturated heterocycles. The van der Waals surface area contributed by atoms with Crippen LogP contribution in [0.5, 0.6) is 0 Å². The highest BCUT2D eigenvalue weighted by atomic mass is 32.2. The minimum atomic E-state index is -0.589. The summed E-state index contributed by atoms with van der Waals surface area (Å²) in [6, 6.07) is 5.75. The first-order valence-electron chi connectivity index (χ1n) is 7.53. The maximum absolute atomic E-state index is 13.5. The van der Waals surface area contributed by atoms with E-state index in [0.29, 0.717) is 12.8 Å². The molecule has 0 spiro atoms. The summed E-state index contributed by atoms with van der Waals surface area (Å²) in [6.07, 6.45) is 1.19. The molecule has 5 nitrogen and oxygen atoms in total. The van der Waals surface area contributed by atoms with Gasteiger partial charge < -0.3 is 5.32 Å². The molecule has 0 radical (unpaired) electrons. The molecule has 1 aromatic rings. The Labute approximate surface area is 138 Å². The van der Waals surface area contributed by atoms with Gasteiger partial charge in [0.25, 0.3) is 0 Å². The van der Waals surface area contributed by atoms with E-state index in [-0.39, 0.29) is 34.5 Å². The van der Waals surface area contributed by atoms with E-state index in [2.05, 4.69) is 5.32 Å². The lowest BCUT2D eigenvalue weighted by atomic mass is 10.2. The van der Waals surface area contributed by atoms with E-state index < -0.39 is 11.7 Å². The number of nitrogens with one attached hydrogen (secondary N) is 1. The molecule has 0 aliphatic carbocycles. The summed E-state index contributed by atoms with van der Waals surface area (Å²) in [4.78, 5) is 37.7. The third-order valence-corrected chi connectivity index (χ3v) is 5.33. The zero-order chi connectivity index (χ0) is 17.0. The van der Waals surface area contributed by atoms with E-state index in [9.17, 15) is 18.8 Å². The van der Waals surface area contributed by atoms with Gasteiger partial charge in [-0.05, 0) is 25.0 Å². The molecular weight excluding hydrogens is 319 g/mol. The molecule has 1 aliphatic rings. The van der Waals surface area contributed by atoms with Crippen LogP contribution in [0.15, 0.2) is 24.3 Å². The highest BCUT2D eigenvalue weighted by molar-refractivity contribution is 8.02. The minimum absolute atomic E-state index is 0.0304. The van der Waals surface area contributed by atoms with Crippen LogP contribution in [0.25, 0.3) is 0 Å². The van der Waals surface area contributed by atoms with Crippen molar-refractivity contribution in [1.82, 2.24) is 4.90 Å². The second-order valence-electron chi connectivity index (χ2n) is 5.22. The van der Waals surface area contributed by atoms with Gasteiger partial charge in [0.1, 0.15) is 12.4 Å². The maximum Gasteiger partial charge on any atom is 0.244 e. The lowest BCUT2D eigenvalue weighted by molar-refractivity contribution is -0.147. The molecule has 0 saturated carbocycles. The Morgan fingerprint density at radius 3 is 2.26 bits per heavy atom. The lowest BCUT2D eigenvalue weighted by Gasteiger charge is -2.34. The molecule has 0 unspecified atom stereocenters. The van der Waals surface area contributed by atoms with Gasteiger partial charge in [-0.25, -0.2) is 4.39 Å². The zero-order valence-electron chi connectivity index (χ0n) is 13.0. The number of anilines is 1. The molecule has 0 aromatic heterocycles. The van der Waals surface area contributed by atoms with E-state index in [0.717, 1.165) is 4.90 Å². The Hall–Kier alpha value is -1.89. The van der Waals surface area contributed by atoms with Crippen LogP contribution in [0, 0.1) is 5.82 Å². The molecular formula is C16H19FN2O3S. The first kappa shape index (κ1) is 17.5. The van der Waals surface area contributed by atoms with E-state index >= 15 is 0 Å². The summed E-state index contributed by atoms with van der Waals surface area (Å²) in [7, 11) is 0. The van der Waals surface area contributed by atoms with Gasteiger partial charge >= 0.3 is 0 Å². The quantitative estimate of drug-likeness (QED) is 0.838. The molecule has 124 valence electrons. The largest absolute Gasteiger partial charge is 0.322 e. The van der Waals surface area contributed by atoms with Crippen molar-refractivity contribution in [2.45, 2.75) is 37.2 Å². The summed E-state index contributed by atoms with van der Waals surface area (Å²) in [5, 5.41) is 1.76. The number of thioether (sulfide) groups is 1. The van der Waals surface area contributed by atoms with Gasteiger partial charge in [0.15, 0.2) is 0 Å². The lowest BCUT2D eigenvalue weighted by Crippen LogP contribution is -2.53. The molecule has 2 rings (SSSR count). The Balaban J connectivity index is 2.10. The zero-order valence-corrected chi connectivity index (χ0v) is 13.9. The van der Waals surface area contributed by atoms with Crippen LogP contribution in [0.4, 0.5) is 10.1 Å². The number of imide groups is 1. The highest BCUT2D eigenvalue weighted by Crippen LogP contribution is 2.31. The minimum Gasteiger partial charge on any atom is -0.322 e. The van der Waals surface area contributed by atoms with Gasteiger partial charge in [0, 0.05) is 0 Å². The van der Waals surface area contributed by atoms with Gasteiger partial charge in [0.05, 0.1) is 16.2 Å². The van der Waals surface area contributed by atoms with Gasteiger partial charge in [-0.3, -0.25) is 19.3 Å². The fourth-order valence-electron chi connectivity index (χ4n) is 2.36. The standard InChI is InChI=1S/C16H19FN2O3S/c1-3-12-15(21)19(16(22)13(4-2)23-12)9-14(20)18-11-8-6-5-7-10(11)17/h5-8,12-13H,3-4,9H2,1-2H3,(H,18,20)/t12-,13+. The molecule has 1 aromatic carbocycles. The van der Waals surface area contributed by atoms with Crippen molar-refractivity contribution < 1.29 is 18.8 Å². The smallest absolute Gasteiger partial charge is 0.244 e. The number of nitrogens with zero attached hydrogens (tertiary/aromatic N) is 1. The van der Waals surface area contributed by atoms with Gasteiger partial charge in [-0.15, -0.1) is 11.8 Å². The monoisotopic (exact) mass is 338 g/mol. The van der Waals surface area contributed by atoms with Crippen LogP contribution in [0.2, 0.25) is 0 Å². The van der Waals surface area contributed by atoms with E-state index in [1.165, 1.54) is 30.0 Å². The fraction of sp³-hybridized carbons (Fsp3) is 0.438. The van der Waals surface area contributed by atoms with E-state index in [1.54, 1.807) is 6.07 Å². The van der Waals surface area contributed by atoms with Crippen molar-refractivity contribution in [3.8, 4) is 0 Å². The number of carbonyl (C=O) groups is 3. The van der Waals surface area contributed by atoms with Crippen molar-refractivity contribution in [1.29, 1.82) is 0 Å². The summed E-state index contributed by atoms with van der Waals surface area (Å²) in [5.41, 5.74) is 0.0304. The molecule has 2 atom stereocenters. The van der Waals surface area contributed by atoms with Gasteiger partial charge in [0.2, 0.25) is 17.7 Å². The predicted molar refractivity (Wildman–Crippen MR) is 87.5 cm³/mol. The van der Waals surface area contributed by atoms with Crippen LogP contribution in [-0.4, -0.2) is 39.7 Å². The first-order valence-corrected chi connectivity index (χ1v) is 8.47. The van der Waals surface area contributed by atoms with Crippen molar-refractivity contribution in [2.75, 3.05) is 11.9 Å². The second-order valence-corrected chi connectivity index (χ2v) is 6.63. The van der Waals surface area contributed by atoms with E-state index in [4.69, 9.17) is 0 Å². The third kappa shape index (κ3) is 3.90. The van der Waals surface area contributed by atoms with Gasteiger partial charge in [-0.1, -0.05) is 26.0 Å². The van der Waals surface area contributed by atoms with E-state index in [1.807, 2.05) is 13.8 Å². The maximum atomic E-state index is 13.5. The molecule has 23 heavy (non-hydrogen) atoms. The number of hydrogen-bond acceptors (Lipinski definition) is 4. The van der Waals surface area contributed by atoms with Crippen molar-refractivity contribution in [3.63, 3.8) is 0 Å². The molecule has 1 heterocycles. The van der Waals surface area contributed by atoms with Crippen LogP contribution in [-0.2, 0) is 14.4 Å². The molecule has 1 fully saturated rings. The number of hydrogen-bond donors (Lipinski definition) is 1. The Kier molecular flexibility index (Phi) is 5.76. The number of benzene rings is 1. The summed E-state index contributed by atoms with van der Waals surface area (Å²) in [5.74, 6) is -1.86. The Morgan fingerprint density at radius 2 is 1.74 bits per heavy atom. The predicted octanol–water partition coefficient (Wildman–Crippen LogP) is 2.42. The number of amides is 3. The fourth-order valence-corrected chi connectivity index (χ4v) is 3.63. The summed E-state index contributed by atoms with van der Waals surface area (Å²) >= 11 is 1.35. The third-order valence-electron chi connectivity index (χ3n) is 3.60. The van der Waals surface area contributed by atoms with Crippen LogP contribution < -0.4 is 5.32 Å².